The molecule has 0 aliphatic heterocycles. The van der Waals surface area contributed by atoms with E-state index in [0.29, 0.717) is 38.8 Å². The number of pyridine rings is 1. The van der Waals surface area contributed by atoms with Crippen LogP contribution in [0.2, 0.25) is 0 Å². The second-order valence-electron chi connectivity index (χ2n) is 9.22. The van der Waals surface area contributed by atoms with Crippen molar-refractivity contribution < 1.29 is 26.0 Å². The topological polar surface area (TPSA) is 17.0 Å². The van der Waals surface area contributed by atoms with E-state index in [1.165, 1.54) is 18.3 Å². The van der Waals surface area contributed by atoms with Gasteiger partial charge in [0.2, 0.25) is 5.69 Å². The average molecular weight is 497 g/mol. The zero-order valence-corrected chi connectivity index (χ0v) is 20.2. The lowest BCUT2D eigenvalue weighted by Crippen LogP contribution is -2.31. The second-order valence-corrected chi connectivity index (χ2v) is 9.22. The number of rotatable bonds is 3. The van der Waals surface area contributed by atoms with Gasteiger partial charge in [-0.15, -0.1) is 0 Å². The van der Waals surface area contributed by atoms with Crippen molar-refractivity contribution in [2.45, 2.75) is 20.6 Å². The number of hydrogen-bond donors (Lipinski definition) is 0. The van der Waals surface area contributed by atoms with Gasteiger partial charge in [0, 0.05) is 30.6 Å². The Kier molecular flexibility index (Phi) is 4.03. The fourth-order valence-corrected chi connectivity index (χ4v) is 4.93. The van der Waals surface area contributed by atoms with Gasteiger partial charge in [0.25, 0.3) is 0 Å². The van der Waals surface area contributed by atoms with Crippen LogP contribution in [0, 0.1) is 32.3 Å². The van der Waals surface area contributed by atoms with Crippen LogP contribution in [0.25, 0.3) is 55.4 Å². The van der Waals surface area contributed by atoms with Crippen molar-refractivity contribution in [2.24, 2.45) is 7.05 Å². The molecule has 0 aliphatic rings. The molecule has 4 heteroatoms. The van der Waals surface area contributed by atoms with Crippen molar-refractivity contribution in [3.05, 3.63) is 113 Å². The van der Waals surface area contributed by atoms with E-state index >= 15 is 8.78 Å². The fraction of sp³-hybridized carbons (Fsp3) is 0.121. The van der Waals surface area contributed by atoms with Gasteiger partial charge in [-0.25, -0.2) is 13.3 Å². The standard InChI is InChI=1S/C33H26F2NO/c1-19-5-8-22(9-6-19)23-10-12-24(13-11-23)31-27(34)16-15-26-25-14-7-20(2)30(32(25)37-33(26)31)29-17-28(35)21(3)18-36(29)4/h5-18H,1-4H3/q+1/i1D3,3D3. The van der Waals surface area contributed by atoms with Gasteiger partial charge in [-0.1, -0.05) is 66.2 Å². The van der Waals surface area contributed by atoms with E-state index in [9.17, 15) is 0 Å². The molecule has 37 heavy (non-hydrogen) atoms. The highest BCUT2D eigenvalue weighted by Gasteiger charge is 2.24. The van der Waals surface area contributed by atoms with Crippen LogP contribution in [-0.4, -0.2) is 0 Å². The zero-order chi connectivity index (χ0) is 30.8. The predicted octanol–water partition coefficient (Wildman–Crippen LogP) is 8.61. The average Bonchev–Trinajstić information content (AvgIpc) is 3.31. The summed E-state index contributed by atoms with van der Waals surface area (Å²) in [5, 5.41) is 1.39. The Morgan fingerprint density at radius 1 is 0.676 bits per heavy atom. The van der Waals surface area contributed by atoms with Crippen molar-refractivity contribution in [1.82, 2.24) is 0 Å². The van der Waals surface area contributed by atoms with Gasteiger partial charge in [-0.3, -0.25) is 0 Å². The van der Waals surface area contributed by atoms with Crippen LogP contribution in [0.1, 0.15) is 24.9 Å². The van der Waals surface area contributed by atoms with Crippen LogP contribution in [-0.2, 0) is 7.05 Å². The van der Waals surface area contributed by atoms with Crippen molar-refractivity contribution in [3.8, 4) is 33.5 Å². The van der Waals surface area contributed by atoms with Crippen LogP contribution in [0.5, 0.6) is 0 Å². The lowest BCUT2D eigenvalue weighted by molar-refractivity contribution is -0.661. The van der Waals surface area contributed by atoms with Crippen LogP contribution in [0.15, 0.2) is 89.5 Å². The third-order valence-corrected chi connectivity index (χ3v) is 6.84. The molecular weight excluding hydrogens is 464 g/mol. The van der Waals surface area contributed by atoms with E-state index < -0.39 is 25.3 Å². The summed E-state index contributed by atoms with van der Waals surface area (Å²) in [6.45, 7) is -2.94. The molecule has 2 aromatic heterocycles. The minimum atomic E-state index is -2.61. The zero-order valence-electron chi connectivity index (χ0n) is 26.2. The summed E-state index contributed by atoms with van der Waals surface area (Å²) in [5.41, 5.74) is 4.94. The molecule has 2 nitrogen and oxygen atoms in total. The number of aryl methyl sites for hydroxylation is 4. The molecule has 2 heterocycles. The first kappa shape index (κ1) is 17.2. The Labute approximate surface area is 222 Å². The van der Waals surface area contributed by atoms with E-state index in [1.54, 1.807) is 54.1 Å². The maximum atomic E-state index is 15.5. The first-order chi connectivity index (χ1) is 20.2. The summed E-state index contributed by atoms with van der Waals surface area (Å²) in [7, 11) is 1.65. The Morgan fingerprint density at radius 2 is 1.30 bits per heavy atom. The molecule has 0 bridgehead atoms. The highest BCUT2D eigenvalue weighted by Crippen LogP contribution is 2.42. The molecule has 182 valence electrons. The summed E-state index contributed by atoms with van der Waals surface area (Å²) in [5.74, 6) is -1.32. The number of aromatic nitrogens is 1. The van der Waals surface area contributed by atoms with E-state index in [-0.39, 0.29) is 16.7 Å². The maximum absolute atomic E-state index is 15.5. The van der Waals surface area contributed by atoms with Gasteiger partial charge in [0.15, 0.2) is 6.20 Å². The molecule has 0 N–H and O–H groups in total. The molecule has 4 aromatic carbocycles. The molecule has 0 amide bonds. The highest BCUT2D eigenvalue weighted by atomic mass is 19.1. The highest BCUT2D eigenvalue weighted by molar-refractivity contribution is 6.13. The predicted molar refractivity (Wildman–Crippen MR) is 145 cm³/mol. The Bertz CT molecular complexity index is 2030. The van der Waals surface area contributed by atoms with Gasteiger partial charge in [0.05, 0.1) is 11.1 Å². The quantitative estimate of drug-likeness (QED) is 0.224. The van der Waals surface area contributed by atoms with Gasteiger partial charge in [0.1, 0.15) is 29.8 Å². The number of nitrogens with zero attached hydrogens (tertiary/aromatic N) is 1. The van der Waals surface area contributed by atoms with Gasteiger partial charge in [-0.05, 0) is 55.0 Å². The molecule has 0 saturated carbocycles. The number of hydrogen-bond acceptors (Lipinski definition) is 1. The van der Waals surface area contributed by atoms with Gasteiger partial charge >= 0.3 is 0 Å². The lowest BCUT2D eigenvalue weighted by Gasteiger charge is -2.07. The molecule has 0 spiro atoms. The lowest BCUT2D eigenvalue weighted by atomic mass is 9.97. The molecule has 0 saturated heterocycles. The number of furan rings is 1. The summed E-state index contributed by atoms with van der Waals surface area (Å²) in [6, 6.07) is 21.9. The first-order valence-corrected chi connectivity index (χ1v) is 11.8. The summed E-state index contributed by atoms with van der Waals surface area (Å²) >= 11 is 0. The summed E-state index contributed by atoms with van der Waals surface area (Å²) in [6.07, 6.45) is 1.27. The molecule has 6 aromatic rings. The van der Waals surface area contributed by atoms with Crippen LogP contribution in [0.3, 0.4) is 0 Å². The van der Waals surface area contributed by atoms with Crippen LogP contribution >= 0.6 is 0 Å². The second kappa shape index (κ2) is 8.67. The van der Waals surface area contributed by atoms with Crippen molar-refractivity contribution >= 4 is 21.9 Å². The van der Waals surface area contributed by atoms with Gasteiger partial charge < -0.3 is 4.42 Å². The molecule has 6 rings (SSSR count). The summed E-state index contributed by atoms with van der Waals surface area (Å²) < 4.78 is 84.1. The number of halogens is 2. The number of fused-ring (bicyclic) bond motifs is 3. The minimum absolute atomic E-state index is 0.255. The third kappa shape index (κ3) is 3.80. The Hall–Kier alpha value is -4.31. The maximum Gasteiger partial charge on any atom is 0.219 e. The van der Waals surface area contributed by atoms with Crippen LogP contribution < -0.4 is 4.57 Å². The van der Waals surface area contributed by atoms with E-state index in [0.717, 1.165) is 16.7 Å². The minimum Gasteiger partial charge on any atom is -0.454 e. The monoisotopic (exact) mass is 496 g/mol. The van der Waals surface area contributed by atoms with Gasteiger partial charge in [-0.2, -0.15) is 0 Å². The molecule has 0 fully saturated rings. The number of benzene rings is 4. The van der Waals surface area contributed by atoms with E-state index in [2.05, 4.69) is 0 Å². The van der Waals surface area contributed by atoms with Crippen molar-refractivity contribution in [2.75, 3.05) is 0 Å². The van der Waals surface area contributed by atoms with Crippen molar-refractivity contribution in [3.63, 3.8) is 0 Å². The fourth-order valence-electron chi connectivity index (χ4n) is 4.93. The van der Waals surface area contributed by atoms with E-state index in [1.807, 2.05) is 31.2 Å². The van der Waals surface area contributed by atoms with E-state index in [4.69, 9.17) is 12.6 Å². The normalized spacial score (nSPS) is 14.6. The SMILES string of the molecule is [2H]C([2H])([2H])c1ccc(-c2ccc(-c3c(F)ccc4c3oc3c(-c5cc(F)c(C([2H])([2H])[2H])c[n+]5C)c(C)ccc34)cc2)cc1. The third-order valence-electron chi connectivity index (χ3n) is 6.84. The molecule has 0 aliphatic carbocycles. The Balaban J connectivity index is 1.49. The molecule has 0 atom stereocenters. The Morgan fingerprint density at radius 3 is 1.97 bits per heavy atom. The summed E-state index contributed by atoms with van der Waals surface area (Å²) in [4.78, 5) is 0. The largest absolute Gasteiger partial charge is 0.454 e. The first-order valence-electron chi connectivity index (χ1n) is 14.8. The molecule has 0 radical (unpaired) electrons. The molecule has 0 unspecified atom stereocenters. The van der Waals surface area contributed by atoms with Crippen molar-refractivity contribution in [1.29, 1.82) is 0 Å². The molecular formula is C33H26F2NO+. The van der Waals surface area contributed by atoms with Crippen LogP contribution in [0.4, 0.5) is 8.78 Å². The smallest absolute Gasteiger partial charge is 0.219 e.